The molecule has 2 aliphatic rings. The first kappa shape index (κ1) is 18.2. The van der Waals surface area contributed by atoms with E-state index in [0.717, 1.165) is 13.0 Å². The topological polar surface area (TPSA) is 40.5 Å². The van der Waals surface area contributed by atoms with Crippen LogP contribution in [0.4, 0.5) is 0 Å². The van der Waals surface area contributed by atoms with Crippen molar-refractivity contribution < 1.29 is 9.90 Å². The van der Waals surface area contributed by atoms with Gasteiger partial charge in [0, 0.05) is 18.4 Å². The Labute approximate surface area is 130 Å². The number of rotatable bonds is 4. The molecule has 2 atom stereocenters. The molecule has 1 fully saturated rings. The van der Waals surface area contributed by atoms with Crippen molar-refractivity contribution in [2.75, 3.05) is 13.1 Å². The number of hydrogen-bond donors (Lipinski definition) is 1. The highest BCUT2D eigenvalue weighted by Crippen LogP contribution is 2.45. The smallest absolute Gasteiger partial charge is 0.300 e. The lowest BCUT2D eigenvalue weighted by Gasteiger charge is -2.50. The highest BCUT2D eigenvalue weighted by Gasteiger charge is 2.41. The summed E-state index contributed by atoms with van der Waals surface area (Å²) < 4.78 is 0. The van der Waals surface area contributed by atoms with Gasteiger partial charge in [-0.3, -0.25) is 9.69 Å². The highest BCUT2D eigenvalue weighted by molar-refractivity contribution is 5.62. The molecular weight excluding hydrogens is 262 g/mol. The number of aliphatic carboxylic acids is 1. The molecule has 2 rings (SSSR count). The second kappa shape index (κ2) is 9.24. The van der Waals surface area contributed by atoms with E-state index in [-0.39, 0.29) is 0 Å². The fourth-order valence-corrected chi connectivity index (χ4v) is 4.03. The van der Waals surface area contributed by atoms with Crippen LogP contribution in [-0.2, 0) is 4.79 Å². The molecule has 3 heteroatoms. The number of carbonyl (C=O) groups is 1. The standard InChI is InChI=1S/C16H29N.C2H4O2/c1-3-5-13-17-14-9-12-16(15(17)4-2)10-7-6-8-11-16;1-2(3)4/h7,10,15H,3-6,8-9,11-14H2,1-2H3;1H3,(H,3,4). The van der Waals surface area contributed by atoms with Crippen LogP contribution in [0.5, 0.6) is 0 Å². The summed E-state index contributed by atoms with van der Waals surface area (Å²) in [5.74, 6) is -0.833. The summed E-state index contributed by atoms with van der Waals surface area (Å²) in [6, 6.07) is 0.819. The molecule has 1 aliphatic heterocycles. The molecule has 0 bridgehead atoms. The van der Waals surface area contributed by atoms with Crippen molar-refractivity contribution in [1.82, 2.24) is 4.90 Å². The zero-order valence-electron chi connectivity index (χ0n) is 14.1. The Balaban J connectivity index is 0.000000491. The molecule has 1 saturated heterocycles. The van der Waals surface area contributed by atoms with Gasteiger partial charge in [0.05, 0.1) is 0 Å². The third-order valence-corrected chi connectivity index (χ3v) is 4.84. The second-order valence-electron chi connectivity index (χ2n) is 6.46. The molecule has 2 unspecified atom stereocenters. The lowest BCUT2D eigenvalue weighted by atomic mass is 9.67. The molecule has 0 aromatic rings. The zero-order valence-corrected chi connectivity index (χ0v) is 14.1. The van der Waals surface area contributed by atoms with E-state index in [2.05, 4.69) is 30.9 Å². The van der Waals surface area contributed by atoms with Gasteiger partial charge in [-0.05, 0) is 58.0 Å². The number of carboxylic acids is 1. The van der Waals surface area contributed by atoms with Crippen LogP contribution in [0.2, 0.25) is 0 Å². The van der Waals surface area contributed by atoms with E-state index in [1.54, 1.807) is 0 Å². The summed E-state index contributed by atoms with van der Waals surface area (Å²) in [4.78, 5) is 11.8. The van der Waals surface area contributed by atoms with E-state index in [4.69, 9.17) is 9.90 Å². The first-order valence-corrected chi connectivity index (χ1v) is 8.67. The average molecular weight is 295 g/mol. The molecule has 0 saturated carbocycles. The van der Waals surface area contributed by atoms with Crippen molar-refractivity contribution in [2.45, 2.75) is 78.2 Å². The third kappa shape index (κ3) is 5.46. The van der Waals surface area contributed by atoms with Crippen LogP contribution in [0, 0.1) is 5.41 Å². The van der Waals surface area contributed by atoms with Gasteiger partial charge in [0.2, 0.25) is 0 Å². The van der Waals surface area contributed by atoms with Crippen LogP contribution in [-0.4, -0.2) is 35.1 Å². The van der Waals surface area contributed by atoms with Crippen molar-refractivity contribution in [3.05, 3.63) is 12.2 Å². The molecular formula is C18H33NO2. The van der Waals surface area contributed by atoms with Crippen molar-refractivity contribution >= 4 is 5.97 Å². The van der Waals surface area contributed by atoms with Crippen LogP contribution in [0.25, 0.3) is 0 Å². The van der Waals surface area contributed by atoms with E-state index in [1.807, 2.05) is 0 Å². The number of nitrogens with zero attached hydrogens (tertiary/aromatic N) is 1. The summed E-state index contributed by atoms with van der Waals surface area (Å²) in [7, 11) is 0. The Morgan fingerprint density at radius 1 is 1.33 bits per heavy atom. The minimum absolute atomic E-state index is 0.541. The number of unbranched alkanes of at least 4 members (excludes halogenated alkanes) is 1. The van der Waals surface area contributed by atoms with Gasteiger partial charge in [-0.15, -0.1) is 0 Å². The van der Waals surface area contributed by atoms with E-state index >= 15 is 0 Å². The maximum Gasteiger partial charge on any atom is 0.300 e. The van der Waals surface area contributed by atoms with E-state index < -0.39 is 5.97 Å². The number of likely N-dealkylation sites (tertiary alicyclic amines) is 1. The van der Waals surface area contributed by atoms with Crippen LogP contribution < -0.4 is 0 Å². The number of piperidine rings is 1. The maximum absolute atomic E-state index is 9.00. The van der Waals surface area contributed by atoms with Crippen molar-refractivity contribution in [3.63, 3.8) is 0 Å². The molecule has 3 nitrogen and oxygen atoms in total. The van der Waals surface area contributed by atoms with Gasteiger partial charge in [-0.2, -0.15) is 0 Å². The number of allylic oxidation sites excluding steroid dienone is 1. The fraction of sp³-hybridized carbons (Fsp3) is 0.833. The molecule has 0 amide bonds. The molecule has 1 spiro atoms. The van der Waals surface area contributed by atoms with Gasteiger partial charge < -0.3 is 5.11 Å². The van der Waals surface area contributed by atoms with Crippen molar-refractivity contribution in [3.8, 4) is 0 Å². The van der Waals surface area contributed by atoms with Gasteiger partial charge in [0.25, 0.3) is 5.97 Å². The summed E-state index contributed by atoms with van der Waals surface area (Å²) in [5.41, 5.74) is 0.541. The van der Waals surface area contributed by atoms with E-state index in [0.29, 0.717) is 5.41 Å². The maximum atomic E-state index is 9.00. The SMILES string of the molecule is CC(=O)O.CCCCN1CCCC2(C=CCCC2)C1CC. The Bertz CT molecular complexity index is 336. The van der Waals surface area contributed by atoms with Crippen LogP contribution in [0.1, 0.15) is 72.1 Å². The summed E-state index contributed by atoms with van der Waals surface area (Å²) in [6.07, 6.45) is 16.1. The molecule has 122 valence electrons. The summed E-state index contributed by atoms with van der Waals surface area (Å²) in [6.45, 7) is 8.44. The molecule has 21 heavy (non-hydrogen) atoms. The fourth-order valence-electron chi connectivity index (χ4n) is 4.03. The van der Waals surface area contributed by atoms with Gasteiger partial charge in [-0.1, -0.05) is 32.4 Å². The molecule has 0 aromatic heterocycles. The van der Waals surface area contributed by atoms with Gasteiger partial charge >= 0.3 is 0 Å². The monoisotopic (exact) mass is 295 g/mol. The van der Waals surface area contributed by atoms with Crippen LogP contribution >= 0.6 is 0 Å². The minimum Gasteiger partial charge on any atom is -0.481 e. The minimum atomic E-state index is -0.833. The average Bonchev–Trinajstić information content (AvgIpc) is 2.45. The first-order chi connectivity index (χ1) is 10.1. The molecule has 0 radical (unpaired) electrons. The first-order valence-electron chi connectivity index (χ1n) is 8.67. The Morgan fingerprint density at radius 2 is 2.00 bits per heavy atom. The lowest BCUT2D eigenvalue weighted by Crippen LogP contribution is -2.51. The Kier molecular flexibility index (Phi) is 8.02. The second-order valence-corrected chi connectivity index (χ2v) is 6.46. The largest absolute Gasteiger partial charge is 0.481 e. The normalized spacial score (nSPS) is 29.0. The van der Waals surface area contributed by atoms with Gasteiger partial charge in [0.15, 0.2) is 0 Å². The zero-order chi connectivity index (χ0) is 15.7. The highest BCUT2D eigenvalue weighted by atomic mass is 16.4. The Morgan fingerprint density at radius 3 is 2.52 bits per heavy atom. The van der Waals surface area contributed by atoms with E-state index in [9.17, 15) is 0 Å². The van der Waals surface area contributed by atoms with Crippen molar-refractivity contribution in [2.24, 2.45) is 5.41 Å². The molecule has 1 aliphatic carbocycles. The van der Waals surface area contributed by atoms with Gasteiger partial charge in [-0.25, -0.2) is 0 Å². The van der Waals surface area contributed by atoms with Crippen LogP contribution in [0.3, 0.4) is 0 Å². The third-order valence-electron chi connectivity index (χ3n) is 4.84. The quantitative estimate of drug-likeness (QED) is 0.777. The molecule has 1 N–H and O–H groups in total. The Hall–Kier alpha value is -0.830. The summed E-state index contributed by atoms with van der Waals surface area (Å²) in [5, 5.41) is 7.42. The lowest BCUT2D eigenvalue weighted by molar-refractivity contribution is -0.134. The summed E-state index contributed by atoms with van der Waals surface area (Å²) >= 11 is 0. The number of carboxylic acid groups (broad SMARTS) is 1. The van der Waals surface area contributed by atoms with Crippen molar-refractivity contribution in [1.29, 1.82) is 0 Å². The van der Waals surface area contributed by atoms with Crippen LogP contribution in [0.15, 0.2) is 12.2 Å². The van der Waals surface area contributed by atoms with E-state index in [1.165, 1.54) is 64.5 Å². The number of hydrogen-bond acceptors (Lipinski definition) is 2. The molecule has 0 aromatic carbocycles. The van der Waals surface area contributed by atoms with Gasteiger partial charge in [0.1, 0.15) is 0 Å². The molecule has 1 heterocycles. The predicted octanol–water partition coefficient (Wildman–Crippen LogP) is 4.48. The predicted molar refractivity (Wildman–Crippen MR) is 88.5 cm³/mol.